The van der Waals surface area contributed by atoms with Crippen LogP contribution in [0.25, 0.3) is 0 Å². The molecular formula is C29H48N6O7. The van der Waals surface area contributed by atoms with Crippen LogP contribution in [0.4, 0.5) is 0 Å². The molecule has 4 atom stereocenters. The van der Waals surface area contributed by atoms with E-state index in [1.165, 1.54) is 17.6 Å². The van der Waals surface area contributed by atoms with Crippen molar-refractivity contribution in [1.29, 1.82) is 0 Å². The molecule has 0 fully saturated rings. The predicted molar refractivity (Wildman–Crippen MR) is 157 cm³/mol. The van der Waals surface area contributed by atoms with Crippen LogP contribution in [0.15, 0.2) is 24.3 Å². The van der Waals surface area contributed by atoms with Crippen LogP contribution in [0.5, 0.6) is 5.75 Å². The van der Waals surface area contributed by atoms with Crippen molar-refractivity contribution in [3.05, 3.63) is 29.8 Å². The van der Waals surface area contributed by atoms with E-state index in [9.17, 15) is 29.1 Å². The molecule has 5 amide bonds. The lowest BCUT2D eigenvalue weighted by Gasteiger charge is -2.27. The Morgan fingerprint density at radius 3 is 1.86 bits per heavy atom. The van der Waals surface area contributed by atoms with Crippen LogP contribution in [0.3, 0.4) is 0 Å². The smallest absolute Gasteiger partial charge is 0.244 e. The van der Waals surface area contributed by atoms with Gasteiger partial charge in [-0.15, -0.1) is 0 Å². The van der Waals surface area contributed by atoms with Gasteiger partial charge in [-0.05, 0) is 68.2 Å². The van der Waals surface area contributed by atoms with Crippen LogP contribution in [-0.2, 0) is 30.4 Å². The zero-order valence-corrected chi connectivity index (χ0v) is 25.0. The van der Waals surface area contributed by atoms with E-state index >= 15 is 0 Å². The van der Waals surface area contributed by atoms with E-state index in [-0.39, 0.29) is 36.8 Å². The van der Waals surface area contributed by atoms with Gasteiger partial charge in [0.1, 0.15) is 23.9 Å². The molecule has 0 aliphatic heterocycles. The number of nitrogens with one attached hydrogen (secondary N) is 4. The number of primary amides is 1. The summed E-state index contributed by atoms with van der Waals surface area (Å²) >= 11 is 0. The second-order valence-electron chi connectivity index (χ2n) is 11.4. The largest absolute Gasteiger partial charge is 0.508 e. The predicted octanol–water partition coefficient (Wildman–Crippen LogP) is 0.607. The van der Waals surface area contributed by atoms with Gasteiger partial charge in [-0.3, -0.25) is 29.2 Å². The Labute approximate surface area is 247 Å². The average molecular weight is 593 g/mol. The molecular weight excluding hydrogens is 544 g/mol. The Kier molecular flexibility index (Phi) is 16.1. The fraction of sp³-hybridized carbons (Fsp3) is 0.621. The Morgan fingerprint density at radius 2 is 1.33 bits per heavy atom. The SMILES string of the molecule is CC(C)C[C@H](CC(=O)NO)C(=O)N[C@@H](Cc1ccc(O)cc1)C(=O)N[C@@H](CC(C)C)C(=O)N[C@@H](CCCCN)C(N)=O. The highest BCUT2D eigenvalue weighted by Crippen LogP contribution is 2.18. The lowest BCUT2D eigenvalue weighted by atomic mass is 9.92. The number of rotatable bonds is 19. The summed E-state index contributed by atoms with van der Waals surface area (Å²) in [5.41, 5.74) is 13.2. The van der Waals surface area contributed by atoms with Gasteiger partial charge in [0.2, 0.25) is 29.5 Å². The highest BCUT2D eigenvalue weighted by Gasteiger charge is 2.32. The maximum absolute atomic E-state index is 13.6. The Balaban J connectivity index is 3.24. The first-order valence-electron chi connectivity index (χ1n) is 14.4. The minimum absolute atomic E-state index is 0.0112. The van der Waals surface area contributed by atoms with Crippen LogP contribution < -0.4 is 32.9 Å². The minimum Gasteiger partial charge on any atom is -0.508 e. The highest BCUT2D eigenvalue weighted by molar-refractivity contribution is 5.94. The molecule has 0 unspecified atom stereocenters. The van der Waals surface area contributed by atoms with E-state index in [1.807, 2.05) is 27.7 Å². The Morgan fingerprint density at radius 1 is 0.786 bits per heavy atom. The number of benzene rings is 1. The number of carbonyl (C=O) groups is 5. The molecule has 13 heteroatoms. The van der Waals surface area contributed by atoms with Gasteiger partial charge in [0.05, 0.1) is 0 Å². The number of hydrogen-bond donors (Lipinski definition) is 8. The molecule has 1 aromatic carbocycles. The van der Waals surface area contributed by atoms with Crippen LogP contribution >= 0.6 is 0 Å². The lowest BCUT2D eigenvalue weighted by Crippen LogP contribution is -2.57. The second kappa shape index (κ2) is 18.7. The zero-order valence-electron chi connectivity index (χ0n) is 25.0. The van der Waals surface area contributed by atoms with Crippen molar-refractivity contribution in [2.24, 2.45) is 29.2 Å². The van der Waals surface area contributed by atoms with E-state index in [0.717, 1.165) is 0 Å². The first kappa shape index (κ1) is 36.3. The van der Waals surface area contributed by atoms with Crippen LogP contribution in [0, 0.1) is 17.8 Å². The molecule has 0 aliphatic carbocycles. The molecule has 13 nitrogen and oxygen atoms in total. The quantitative estimate of drug-likeness (QED) is 0.0643. The topological polar surface area (TPSA) is 226 Å². The number of phenols is 1. The molecule has 0 aromatic heterocycles. The third kappa shape index (κ3) is 13.8. The van der Waals surface area contributed by atoms with Gasteiger partial charge in [-0.25, -0.2) is 5.48 Å². The lowest BCUT2D eigenvalue weighted by molar-refractivity contribution is -0.137. The van der Waals surface area contributed by atoms with Crippen molar-refractivity contribution in [1.82, 2.24) is 21.4 Å². The van der Waals surface area contributed by atoms with E-state index in [1.54, 1.807) is 12.1 Å². The average Bonchev–Trinajstić information content (AvgIpc) is 2.91. The summed E-state index contributed by atoms with van der Waals surface area (Å²) in [7, 11) is 0. The van der Waals surface area contributed by atoms with Crippen molar-refractivity contribution >= 4 is 29.5 Å². The summed E-state index contributed by atoms with van der Waals surface area (Å²) in [5.74, 6) is -4.00. The molecule has 0 heterocycles. The summed E-state index contributed by atoms with van der Waals surface area (Å²) in [6.07, 6.45) is 1.85. The molecule has 0 radical (unpaired) electrons. The molecule has 1 aromatic rings. The minimum atomic E-state index is -1.15. The van der Waals surface area contributed by atoms with Crippen LogP contribution in [0.2, 0.25) is 0 Å². The monoisotopic (exact) mass is 592 g/mol. The van der Waals surface area contributed by atoms with Crippen molar-refractivity contribution in [2.45, 2.75) is 90.8 Å². The van der Waals surface area contributed by atoms with Crippen molar-refractivity contribution in [3.63, 3.8) is 0 Å². The second-order valence-corrected chi connectivity index (χ2v) is 11.4. The summed E-state index contributed by atoms with van der Waals surface area (Å²) < 4.78 is 0. The van der Waals surface area contributed by atoms with Gasteiger partial charge >= 0.3 is 0 Å². The van der Waals surface area contributed by atoms with Gasteiger partial charge in [0, 0.05) is 18.8 Å². The van der Waals surface area contributed by atoms with E-state index in [2.05, 4.69) is 16.0 Å². The fourth-order valence-corrected chi connectivity index (χ4v) is 4.51. The number of phenolic OH excluding ortho intramolecular Hbond substituents is 1. The van der Waals surface area contributed by atoms with E-state index in [0.29, 0.717) is 37.8 Å². The number of carbonyl (C=O) groups excluding carboxylic acids is 5. The zero-order chi connectivity index (χ0) is 31.8. The number of aromatic hydroxyl groups is 1. The Bertz CT molecular complexity index is 1030. The molecule has 0 saturated carbocycles. The summed E-state index contributed by atoms with van der Waals surface area (Å²) in [6, 6.07) is 2.99. The number of nitrogens with two attached hydrogens (primary N) is 2. The molecule has 10 N–H and O–H groups in total. The highest BCUT2D eigenvalue weighted by atomic mass is 16.5. The molecule has 1 rings (SSSR count). The van der Waals surface area contributed by atoms with Gasteiger partial charge in [-0.2, -0.15) is 0 Å². The number of hydroxylamine groups is 1. The number of amides is 5. The van der Waals surface area contributed by atoms with Crippen LogP contribution in [0.1, 0.15) is 71.8 Å². The molecule has 0 saturated heterocycles. The first-order valence-corrected chi connectivity index (χ1v) is 14.4. The van der Waals surface area contributed by atoms with Crippen molar-refractivity contribution < 1.29 is 34.3 Å². The molecule has 236 valence electrons. The van der Waals surface area contributed by atoms with Crippen molar-refractivity contribution in [3.8, 4) is 5.75 Å². The third-order valence-electron chi connectivity index (χ3n) is 6.64. The maximum atomic E-state index is 13.6. The van der Waals surface area contributed by atoms with Gasteiger partial charge in [0.25, 0.3) is 0 Å². The van der Waals surface area contributed by atoms with Crippen molar-refractivity contribution in [2.75, 3.05) is 6.54 Å². The van der Waals surface area contributed by atoms with Gasteiger partial charge in [0.15, 0.2) is 0 Å². The van der Waals surface area contributed by atoms with Gasteiger partial charge in [-0.1, -0.05) is 39.8 Å². The van der Waals surface area contributed by atoms with E-state index < -0.39 is 53.6 Å². The Hall–Kier alpha value is -3.71. The third-order valence-corrected chi connectivity index (χ3v) is 6.64. The molecule has 0 spiro atoms. The summed E-state index contributed by atoms with van der Waals surface area (Å²) in [5, 5.41) is 26.7. The fourth-order valence-electron chi connectivity index (χ4n) is 4.51. The van der Waals surface area contributed by atoms with Crippen LogP contribution in [-0.4, -0.2) is 64.5 Å². The molecule has 42 heavy (non-hydrogen) atoms. The van der Waals surface area contributed by atoms with E-state index in [4.69, 9.17) is 16.7 Å². The first-order chi connectivity index (χ1) is 19.8. The summed E-state index contributed by atoms with van der Waals surface area (Å²) in [4.78, 5) is 64.0. The number of unbranched alkanes of at least 4 members (excludes halogenated alkanes) is 1. The standard InChI is InChI=1S/C29H48N6O7/c1-17(2)13-20(16-25(37)35-42)27(39)33-24(15-19-8-10-21(36)11-9-19)29(41)34-23(14-18(3)4)28(40)32-22(26(31)38)7-5-6-12-30/h8-11,17-18,20,22-24,36,42H,5-7,12-16,30H2,1-4H3,(H2,31,38)(H,32,40)(H,33,39)(H,34,41)(H,35,37)/t20-,22+,23+,24+/m1/s1. The molecule has 0 aliphatic rings. The maximum Gasteiger partial charge on any atom is 0.244 e. The normalized spacial score (nSPS) is 14.0. The molecule has 0 bridgehead atoms. The number of hydrogen-bond acceptors (Lipinski definition) is 8. The van der Waals surface area contributed by atoms with Gasteiger partial charge < -0.3 is 32.5 Å². The summed E-state index contributed by atoms with van der Waals surface area (Å²) in [6.45, 7) is 7.93.